The molecule has 5 heavy (non-hydrogen) atoms. The van der Waals surface area contributed by atoms with Gasteiger partial charge in [0.15, 0.2) is 0 Å². The van der Waals surface area contributed by atoms with Crippen LogP contribution >= 0.6 is 0 Å². The monoisotopic (exact) mass is 88.0 g/mol. The third-order valence-electron chi connectivity index (χ3n) is 0.283. The van der Waals surface area contributed by atoms with Crippen molar-refractivity contribution < 1.29 is 0 Å². The van der Waals surface area contributed by atoms with Gasteiger partial charge in [-0.15, -0.1) is 0 Å². The maximum Gasteiger partial charge on any atom is 0.122 e. The first-order chi connectivity index (χ1) is 2.27. The van der Waals surface area contributed by atoms with Crippen LogP contribution in [0.5, 0.6) is 0 Å². The van der Waals surface area contributed by atoms with E-state index in [0.717, 1.165) is 0 Å². The largest absolute Gasteiger partial charge is 0.314 e. The van der Waals surface area contributed by atoms with Crippen molar-refractivity contribution in [3.05, 3.63) is 0 Å². The van der Waals surface area contributed by atoms with Crippen molar-refractivity contribution in [3.8, 4) is 0 Å². The fourth-order valence-electron chi connectivity index (χ4n) is 0. The van der Waals surface area contributed by atoms with Crippen LogP contribution < -0.4 is 0 Å². The highest BCUT2D eigenvalue weighted by molar-refractivity contribution is 5.91. The smallest absolute Gasteiger partial charge is 0.122 e. The number of hydrogen-bond donors (Lipinski definition) is 0. The van der Waals surface area contributed by atoms with Gasteiger partial charge in [0.05, 0.1) is 0 Å². The SMILES string of the molecule is CN(C)N=[SiH2]. The van der Waals surface area contributed by atoms with E-state index in [-0.39, 0.29) is 0 Å². The van der Waals surface area contributed by atoms with Crippen LogP contribution in [0.15, 0.2) is 4.74 Å². The molecule has 0 fully saturated rings. The molecule has 0 aromatic carbocycles. The van der Waals surface area contributed by atoms with Crippen molar-refractivity contribution in [2.24, 2.45) is 4.74 Å². The minimum absolute atomic E-state index is 1.58. The van der Waals surface area contributed by atoms with Gasteiger partial charge in [-0.3, -0.25) is 0 Å². The molecule has 0 radical (unpaired) electrons. The summed E-state index contributed by atoms with van der Waals surface area (Å²) < 4.78 is 3.75. The number of nitrogens with zero attached hydrogens (tertiary/aromatic N) is 2. The van der Waals surface area contributed by atoms with Gasteiger partial charge in [0, 0.05) is 14.1 Å². The van der Waals surface area contributed by atoms with Gasteiger partial charge < -0.3 is 5.01 Å². The summed E-state index contributed by atoms with van der Waals surface area (Å²) in [6, 6.07) is 0. The van der Waals surface area contributed by atoms with E-state index in [1.54, 1.807) is 15.0 Å². The topological polar surface area (TPSA) is 15.6 Å². The van der Waals surface area contributed by atoms with Gasteiger partial charge in [-0.05, 0) is 0 Å². The Morgan fingerprint density at radius 3 is 1.80 bits per heavy atom. The lowest BCUT2D eigenvalue weighted by Gasteiger charge is -1.98. The molecule has 0 aliphatic heterocycles. The average Bonchev–Trinajstić information content (AvgIpc) is 1.38. The molecule has 0 spiro atoms. The van der Waals surface area contributed by atoms with Gasteiger partial charge in [0.2, 0.25) is 0 Å². The fourth-order valence-corrected chi connectivity index (χ4v) is 0. The molecule has 0 amide bonds. The van der Waals surface area contributed by atoms with Crippen LogP contribution in [0.2, 0.25) is 0 Å². The molecule has 0 rings (SSSR count). The Balaban J connectivity index is 2.83. The second-order valence-corrected chi connectivity index (χ2v) is 1.27. The minimum Gasteiger partial charge on any atom is -0.314 e. The molecule has 0 aromatic heterocycles. The molecule has 0 unspecified atom stereocenters. The first-order valence-electron chi connectivity index (χ1n) is 1.41. The van der Waals surface area contributed by atoms with Crippen LogP contribution in [-0.2, 0) is 0 Å². The Morgan fingerprint density at radius 1 is 1.60 bits per heavy atom. The van der Waals surface area contributed by atoms with E-state index in [9.17, 15) is 0 Å². The van der Waals surface area contributed by atoms with Crippen molar-refractivity contribution in [3.63, 3.8) is 0 Å². The molecule has 0 aliphatic carbocycles. The lowest BCUT2D eigenvalue weighted by molar-refractivity contribution is 0.445. The van der Waals surface area contributed by atoms with Gasteiger partial charge in [-0.25, -0.2) is 4.74 Å². The second kappa shape index (κ2) is 2.08. The highest BCUT2D eigenvalue weighted by atomic mass is 28.1. The molecule has 0 N–H and O–H groups in total. The molecule has 0 atom stereocenters. The van der Waals surface area contributed by atoms with Crippen LogP contribution in [-0.4, -0.2) is 29.1 Å². The predicted molar refractivity (Wildman–Crippen MR) is 24.7 cm³/mol. The van der Waals surface area contributed by atoms with E-state index >= 15 is 0 Å². The van der Waals surface area contributed by atoms with Crippen molar-refractivity contribution in [2.45, 2.75) is 0 Å². The van der Waals surface area contributed by atoms with Crippen LogP contribution in [0.1, 0.15) is 0 Å². The summed E-state index contributed by atoms with van der Waals surface area (Å²) in [7, 11) is 5.38. The van der Waals surface area contributed by atoms with Gasteiger partial charge in [0.1, 0.15) is 10.0 Å². The summed E-state index contributed by atoms with van der Waals surface area (Å²) in [4.78, 5) is 0. The van der Waals surface area contributed by atoms with Gasteiger partial charge in [-0.2, -0.15) is 0 Å². The Labute approximate surface area is 34.9 Å². The molecule has 2 nitrogen and oxygen atoms in total. The number of rotatable bonds is 1. The summed E-state index contributed by atoms with van der Waals surface area (Å²) in [6.45, 7) is 0. The fraction of sp³-hybridized carbons (Fsp3) is 1.00. The highest BCUT2D eigenvalue weighted by Gasteiger charge is 1.61. The van der Waals surface area contributed by atoms with Crippen molar-refractivity contribution >= 4 is 10.0 Å². The molecule has 3 heteroatoms. The Morgan fingerprint density at radius 2 is 1.80 bits per heavy atom. The first kappa shape index (κ1) is 4.82. The molecule has 0 heterocycles. The zero-order chi connectivity index (χ0) is 4.28. The van der Waals surface area contributed by atoms with Crippen molar-refractivity contribution in [1.82, 2.24) is 5.01 Å². The predicted octanol–water partition coefficient (Wildman–Crippen LogP) is -0.720. The Kier molecular flexibility index (Phi) is 2.00. The number of hydrogen-bond acceptors (Lipinski definition) is 2. The summed E-state index contributed by atoms with van der Waals surface area (Å²) in [5, 5.41) is 1.76. The van der Waals surface area contributed by atoms with E-state index in [0.29, 0.717) is 0 Å². The van der Waals surface area contributed by atoms with E-state index in [4.69, 9.17) is 0 Å². The molecular weight excluding hydrogens is 80.1 g/mol. The average molecular weight is 88.2 g/mol. The third-order valence-corrected chi connectivity index (χ3v) is 0.849. The zero-order valence-corrected chi connectivity index (χ0v) is 5.02. The summed E-state index contributed by atoms with van der Waals surface area (Å²) in [6.07, 6.45) is 0. The third kappa shape index (κ3) is 3.82. The highest BCUT2D eigenvalue weighted by Crippen LogP contribution is 1.62. The van der Waals surface area contributed by atoms with E-state index in [1.165, 1.54) is 0 Å². The molecule has 0 bridgehead atoms. The summed E-state index contributed by atoms with van der Waals surface area (Å²) in [5.74, 6) is 0. The summed E-state index contributed by atoms with van der Waals surface area (Å²) in [5.41, 5.74) is 0. The standard InChI is InChI=1S/C2H8N2Si/c1-4(2)3-5/h5H2,1-2H3. The molecule has 0 saturated heterocycles. The molecular formula is C2H8N2Si. The van der Waals surface area contributed by atoms with Crippen LogP contribution in [0.3, 0.4) is 0 Å². The summed E-state index contributed by atoms with van der Waals surface area (Å²) >= 11 is 0. The van der Waals surface area contributed by atoms with Gasteiger partial charge in [-0.1, -0.05) is 0 Å². The van der Waals surface area contributed by atoms with E-state index < -0.39 is 0 Å². The Hall–Kier alpha value is -0.183. The van der Waals surface area contributed by atoms with Gasteiger partial charge in [0.25, 0.3) is 0 Å². The normalized spacial score (nSPS) is 6.80. The van der Waals surface area contributed by atoms with E-state index in [1.807, 2.05) is 14.1 Å². The lowest BCUT2D eigenvalue weighted by Crippen LogP contribution is -1.98. The maximum atomic E-state index is 3.75. The molecule has 0 aliphatic rings. The second-order valence-electron chi connectivity index (χ2n) is 0.989. The zero-order valence-electron chi connectivity index (χ0n) is 3.60. The van der Waals surface area contributed by atoms with Crippen molar-refractivity contribution in [1.29, 1.82) is 0 Å². The van der Waals surface area contributed by atoms with Gasteiger partial charge >= 0.3 is 0 Å². The maximum absolute atomic E-state index is 3.75. The quantitative estimate of drug-likeness (QED) is 0.305. The molecule has 0 aromatic rings. The van der Waals surface area contributed by atoms with Crippen LogP contribution in [0, 0.1) is 0 Å². The Bertz CT molecular complexity index is 34.6. The minimum atomic E-state index is 1.58. The molecule has 0 saturated carbocycles. The first-order valence-corrected chi connectivity index (χ1v) is 2.04. The van der Waals surface area contributed by atoms with Crippen LogP contribution in [0.25, 0.3) is 0 Å². The van der Waals surface area contributed by atoms with Crippen molar-refractivity contribution in [2.75, 3.05) is 14.1 Å². The lowest BCUT2D eigenvalue weighted by atomic mass is 11.2. The molecule has 30 valence electrons. The van der Waals surface area contributed by atoms with E-state index in [2.05, 4.69) is 4.74 Å². The van der Waals surface area contributed by atoms with Crippen LogP contribution in [0.4, 0.5) is 0 Å².